The van der Waals surface area contributed by atoms with Gasteiger partial charge in [0.25, 0.3) is 0 Å². The molecule has 0 aromatic heterocycles. The van der Waals surface area contributed by atoms with Crippen LogP contribution in [0.1, 0.15) is 18.4 Å². The summed E-state index contributed by atoms with van der Waals surface area (Å²) in [6.07, 6.45) is 1.03. The summed E-state index contributed by atoms with van der Waals surface area (Å²) in [5.74, 6) is -1.95. The van der Waals surface area contributed by atoms with E-state index in [1.54, 1.807) is 18.2 Å². The summed E-state index contributed by atoms with van der Waals surface area (Å²) in [5.41, 5.74) is 0.346. The van der Waals surface area contributed by atoms with Crippen molar-refractivity contribution in [3.8, 4) is 0 Å². The Balaban J connectivity index is 2.20. The number of aliphatic carboxylic acids is 1. The lowest BCUT2D eigenvalue weighted by Crippen LogP contribution is -2.42. The minimum atomic E-state index is -3.65. The molecule has 0 saturated carbocycles. The van der Waals surface area contributed by atoms with Crippen LogP contribution >= 0.6 is 23.2 Å². The predicted octanol–water partition coefficient (Wildman–Crippen LogP) is 2.62. The van der Waals surface area contributed by atoms with Crippen molar-refractivity contribution >= 4 is 39.2 Å². The molecule has 1 aliphatic heterocycles. The van der Waals surface area contributed by atoms with Crippen LogP contribution in [0.25, 0.3) is 0 Å². The Hall–Kier alpha value is -0.820. The smallest absolute Gasteiger partial charge is 0.307 e. The van der Waals surface area contributed by atoms with Gasteiger partial charge in [0, 0.05) is 28.7 Å². The molecule has 1 heterocycles. The second-order valence-electron chi connectivity index (χ2n) is 4.99. The van der Waals surface area contributed by atoms with Crippen molar-refractivity contribution in [1.29, 1.82) is 0 Å². The lowest BCUT2D eigenvalue weighted by Gasteiger charge is -2.30. The lowest BCUT2D eigenvalue weighted by atomic mass is 10.0. The minimum absolute atomic E-state index is 0.000260. The summed E-state index contributed by atoms with van der Waals surface area (Å²) in [7, 11) is -3.65. The van der Waals surface area contributed by atoms with Crippen LogP contribution in [-0.2, 0) is 20.6 Å². The Bertz CT molecular complexity index is 627. The van der Waals surface area contributed by atoms with Gasteiger partial charge in [-0.2, -0.15) is 0 Å². The summed E-state index contributed by atoms with van der Waals surface area (Å²) in [6.45, 7) is 0.327. The second kappa shape index (κ2) is 6.52. The molecule has 8 heteroatoms. The first kappa shape index (κ1) is 16.5. The number of carboxylic acid groups (broad SMARTS) is 1. The maximum absolute atomic E-state index is 12.4. The van der Waals surface area contributed by atoms with E-state index in [4.69, 9.17) is 28.3 Å². The predicted molar refractivity (Wildman–Crippen MR) is 81.0 cm³/mol. The molecule has 1 atom stereocenters. The van der Waals surface area contributed by atoms with E-state index in [0.717, 1.165) is 0 Å². The summed E-state index contributed by atoms with van der Waals surface area (Å²) >= 11 is 12.0. The van der Waals surface area contributed by atoms with Crippen LogP contribution in [0.15, 0.2) is 18.2 Å². The minimum Gasteiger partial charge on any atom is -0.481 e. The third-order valence-corrected chi connectivity index (χ3v) is 6.00. The largest absolute Gasteiger partial charge is 0.481 e. The highest BCUT2D eigenvalue weighted by Crippen LogP contribution is 2.28. The van der Waals surface area contributed by atoms with Gasteiger partial charge in [-0.15, -0.1) is 0 Å². The highest BCUT2D eigenvalue weighted by atomic mass is 35.5. The summed E-state index contributed by atoms with van der Waals surface area (Å²) < 4.78 is 26.1. The molecule has 0 aliphatic carbocycles. The summed E-state index contributed by atoms with van der Waals surface area (Å²) in [5, 5.41) is 9.62. The molecule has 116 valence electrons. The van der Waals surface area contributed by atoms with E-state index < -0.39 is 21.9 Å². The Kier molecular flexibility index (Phi) is 5.14. The van der Waals surface area contributed by atoms with Crippen LogP contribution in [0.4, 0.5) is 0 Å². The zero-order valence-electron chi connectivity index (χ0n) is 11.1. The van der Waals surface area contributed by atoms with Gasteiger partial charge in [0.1, 0.15) is 0 Å². The molecule has 1 saturated heterocycles. The van der Waals surface area contributed by atoms with Crippen molar-refractivity contribution < 1.29 is 18.3 Å². The molecule has 21 heavy (non-hydrogen) atoms. The van der Waals surface area contributed by atoms with Gasteiger partial charge in [0.15, 0.2) is 0 Å². The van der Waals surface area contributed by atoms with Crippen molar-refractivity contribution in [3.05, 3.63) is 33.8 Å². The number of piperidine rings is 1. The van der Waals surface area contributed by atoms with Gasteiger partial charge in [-0.05, 0) is 25.0 Å². The van der Waals surface area contributed by atoms with E-state index >= 15 is 0 Å². The Labute approximate surface area is 133 Å². The number of sulfonamides is 1. The number of rotatable bonds is 4. The van der Waals surface area contributed by atoms with E-state index in [1.807, 2.05) is 0 Å². The van der Waals surface area contributed by atoms with Crippen molar-refractivity contribution in [2.75, 3.05) is 13.1 Å². The fourth-order valence-electron chi connectivity index (χ4n) is 2.34. The van der Waals surface area contributed by atoms with Gasteiger partial charge in [-0.3, -0.25) is 4.79 Å². The zero-order chi connectivity index (χ0) is 15.6. The van der Waals surface area contributed by atoms with Crippen LogP contribution in [0.5, 0.6) is 0 Å². The molecule has 0 spiro atoms. The summed E-state index contributed by atoms with van der Waals surface area (Å²) in [6, 6.07) is 4.80. The molecule has 1 N–H and O–H groups in total. The maximum Gasteiger partial charge on any atom is 0.307 e. The fraction of sp³-hybridized carbons (Fsp3) is 0.462. The molecule has 2 rings (SSSR count). The third-order valence-electron chi connectivity index (χ3n) is 3.52. The average Bonchev–Trinajstić information content (AvgIpc) is 2.43. The number of carbonyl (C=O) groups is 1. The molecule has 1 aromatic rings. The van der Waals surface area contributed by atoms with E-state index in [9.17, 15) is 13.2 Å². The number of halogens is 2. The molecule has 0 radical (unpaired) electrons. The number of hydrogen-bond acceptors (Lipinski definition) is 3. The third kappa shape index (κ3) is 3.88. The molecule has 1 aromatic carbocycles. The van der Waals surface area contributed by atoms with Crippen molar-refractivity contribution in [3.63, 3.8) is 0 Å². The van der Waals surface area contributed by atoms with Crippen molar-refractivity contribution in [2.45, 2.75) is 18.6 Å². The average molecular weight is 352 g/mol. The molecule has 1 aliphatic rings. The summed E-state index contributed by atoms with van der Waals surface area (Å²) in [4.78, 5) is 11.0. The highest BCUT2D eigenvalue weighted by Gasteiger charge is 2.32. The van der Waals surface area contributed by atoms with Gasteiger partial charge in [0.2, 0.25) is 10.0 Å². The molecule has 5 nitrogen and oxygen atoms in total. The van der Waals surface area contributed by atoms with Gasteiger partial charge in [-0.25, -0.2) is 12.7 Å². The fourth-order valence-corrected chi connectivity index (χ4v) is 4.70. The standard InChI is InChI=1S/C13H15Cl2NO4S/c14-11-4-1-5-12(15)10(11)8-21(19,20)16-6-2-3-9(7-16)13(17)18/h1,4-5,9H,2-3,6-8H2,(H,17,18)/t9-/m0/s1. The van der Waals surface area contributed by atoms with Gasteiger partial charge < -0.3 is 5.11 Å². The SMILES string of the molecule is O=C(O)[C@H]1CCCN(S(=O)(=O)Cc2c(Cl)cccc2Cl)C1. The quantitative estimate of drug-likeness (QED) is 0.904. The Morgan fingerprint density at radius 2 is 1.95 bits per heavy atom. The van der Waals surface area contributed by atoms with Gasteiger partial charge in [-0.1, -0.05) is 29.3 Å². The van der Waals surface area contributed by atoms with E-state index in [-0.39, 0.29) is 22.3 Å². The zero-order valence-corrected chi connectivity index (χ0v) is 13.5. The van der Waals surface area contributed by atoms with Crippen LogP contribution in [-0.4, -0.2) is 36.9 Å². The molecular formula is C13H15Cl2NO4S. The van der Waals surface area contributed by atoms with E-state index in [1.165, 1.54) is 4.31 Å². The molecule has 1 fully saturated rings. The first-order valence-corrected chi connectivity index (χ1v) is 8.81. The lowest BCUT2D eigenvalue weighted by molar-refractivity contribution is -0.142. The van der Waals surface area contributed by atoms with Crippen LogP contribution in [0, 0.1) is 5.92 Å². The second-order valence-corrected chi connectivity index (χ2v) is 7.78. The monoisotopic (exact) mass is 351 g/mol. The molecule has 0 unspecified atom stereocenters. The number of carboxylic acids is 1. The number of hydrogen-bond donors (Lipinski definition) is 1. The number of nitrogens with zero attached hydrogens (tertiary/aromatic N) is 1. The van der Waals surface area contributed by atoms with Gasteiger partial charge in [0.05, 0.1) is 11.7 Å². The number of benzene rings is 1. The Morgan fingerprint density at radius 3 is 2.52 bits per heavy atom. The van der Waals surface area contributed by atoms with E-state index in [2.05, 4.69) is 0 Å². The Morgan fingerprint density at radius 1 is 1.33 bits per heavy atom. The molecule has 0 bridgehead atoms. The van der Waals surface area contributed by atoms with Gasteiger partial charge >= 0.3 is 5.97 Å². The van der Waals surface area contributed by atoms with E-state index in [0.29, 0.717) is 24.9 Å². The molecule has 0 amide bonds. The highest BCUT2D eigenvalue weighted by molar-refractivity contribution is 7.88. The normalized spacial score (nSPS) is 20.4. The first-order chi connectivity index (χ1) is 9.81. The maximum atomic E-state index is 12.4. The topological polar surface area (TPSA) is 74.7 Å². The van der Waals surface area contributed by atoms with Crippen molar-refractivity contribution in [1.82, 2.24) is 4.31 Å². The molecular weight excluding hydrogens is 337 g/mol. The van der Waals surface area contributed by atoms with Crippen LogP contribution < -0.4 is 0 Å². The van der Waals surface area contributed by atoms with Crippen LogP contribution in [0.2, 0.25) is 10.0 Å². The van der Waals surface area contributed by atoms with Crippen LogP contribution in [0.3, 0.4) is 0 Å². The first-order valence-electron chi connectivity index (χ1n) is 6.45. The van der Waals surface area contributed by atoms with Crippen molar-refractivity contribution in [2.24, 2.45) is 5.92 Å².